The first-order chi connectivity index (χ1) is 14.2. The number of hydrogen-bond donors (Lipinski definition) is 1. The molecule has 1 aromatic carbocycles. The van der Waals surface area contributed by atoms with E-state index >= 15 is 0 Å². The standard InChI is InChI=1S/C21H27N3O4S/c25-20(22-12-16-4-3-9-28-16)15-29-19-13-24(18-6-2-1-5-17(18)19)14-21(26)23-7-10-27-11-8-23/h1-2,5-6,13,16H,3-4,7-12,14-15H2,(H,22,25). The van der Waals surface area contributed by atoms with Crippen LogP contribution in [0.25, 0.3) is 10.9 Å². The maximum absolute atomic E-state index is 12.7. The summed E-state index contributed by atoms with van der Waals surface area (Å²) in [5.74, 6) is 0.449. The summed E-state index contributed by atoms with van der Waals surface area (Å²) in [6.07, 6.45) is 4.22. The number of amides is 2. The monoisotopic (exact) mass is 417 g/mol. The molecule has 0 bridgehead atoms. The molecule has 29 heavy (non-hydrogen) atoms. The number of nitrogens with one attached hydrogen (secondary N) is 1. The summed E-state index contributed by atoms with van der Waals surface area (Å²) < 4.78 is 12.9. The zero-order valence-corrected chi connectivity index (χ0v) is 17.3. The first-order valence-electron chi connectivity index (χ1n) is 10.2. The second-order valence-electron chi connectivity index (χ2n) is 7.36. The number of ether oxygens (including phenoxy) is 2. The molecule has 0 aliphatic carbocycles. The zero-order chi connectivity index (χ0) is 20.1. The number of nitrogens with zero attached hydrogens (tertiary/aromatic N) is 2. The molecule has 2 fully saturated rings. The fraction of sp³-hybridized carbons (Fsp3) is 0.524. The third-order valence-corrected chi connectivity index (χ3v) is 6.37. The van der Waals surface area contributed by atoms with Crippen molar-refractivity contribution in [1.82, 2.24) is 14.8 Å². The number of fused-ring (bicyclic) bond motifs is 1. The Morgan fingerprint density at radius 1 is 1.17 bits per heavy atom. The van der Waals surface area contributed by atoms with Crippen LogP contribution in [0.1, 0.15) is 12.8 Å². The lowest BCUT2D eigenvalue weighted by atomic mass is 10.2. The van der Waals surface area contributed by atoms with Gasteiger partial charge < -0.3 is 24.3 Å². The third kappa shape index (κ3) is 5.12. The van der Waals surface area contributed by atoms with Gasteiger partial charge in [-0.25, -0.2) is 0 Å². The molecule has 0 saturated carbocycles. The molecule has 4 rings (SSSR count). The van der Waals surface area contributed by atoms with Crippen LogP contribution in [-0.2, 0) is 25.6 Å². The van der Waals surface area contributed by atoms with Gasteiger partial charge in [0.15, 0.2) is 0 Å². The molecule has 0 radical (unpaired) electrons. The third-order valence-electron chi connectivity index (χ3n) is 5.33. The van der Waals surface area contributed by atoms with Gasteiger partial charge in [-0.3, -0.25) is 9.59 Å². The Hall–Kier alpha value is -2.03. The smallest absolute Gasteiger partial charge is 0.242 e. The van der Waals surface area contributed by atoms with Crippen LogP contribution in [0.15, 0.2) is 35.4 Å². The first-order valence-corrected chi connectivity index (χ1v) is 11.1. The van der Waals surface area contributed by atoms with Crippen LogP contribution in [0.3, 0.4) is 0 Å². The Bertz CT molecular complexity index is 857. The number of rotatable bonds is 7. The minimum absolute atomic E-state index is 0.00623. The van der Waals surface area contributed by atoms with Gasteiger partial charge in [-0.1, -0.05) is 18.2 Å². The van der Waals surface area contributed by atoms with Crippen molar-refractivity contribution in [1.29, 1.82) is 0 Å². The Balaban J connectivity index is 1.38. The van der Waals surface area contributed by atoms with Gasteiger partial charge in [0.05, 0.1) is 25.1 Å². The molecular formula is C21H27N3O4S. The molecule has 7 nitrogen and oxygen atoms in total. The lowest BCUT2D eigenvalue weighted by Gasteiger charge is -2.27. The van der Waals surface area contributed by atoms with Crippen LogP contribution in [0.2, 0.25) is 0 Å². The zero-order valence-electron chi connectivity index (χ0n) is 16.5. The summed E-state index contributed by atoms with van der Waals surface area (Å²) in [7, 11) is 0. The van der Waals surface area contributed by atoms with Crippen molar-refractivity contribution in [3.63, 3.8) is 0 Å². The van der Waals surface area contributed by atoms with Crippen molar-refractivity contribution < 1.29 is 19.1 Å². The van der Waals surface area contributed by atoms with Crippen LogP contribution in [0.4, 0.5) is 0 Å². The van der Waals surface area contributed by atoms with E-state index in [0.29, 0.717) is 45.1 Å². The summed E-state index contributed by atoms with van der Waals surface area (Å²) in [5, 5.41) is 4.03. The molecule has 2 saturated heterocycles. The Morgan fingerprint density at radius 2 is 2.00 bits per heavy atom. The van der Waals surface area contributed by atoms with Crippen molar-refractivity contribution in [3.05, 3.63) is 30.5 Å². The van der Waals surface area contributed by atoms with Crippen molar-refractivity contribution >= 4 is 34.5 Å². The van der Waals surface area contributed by atoms with E-state index in [0.717, 1.165) is 35.2 Å². The van der Waals surface area contributed by atoms with Crippen LogP contribution in [0, 0.1) is 0 Å². The van der Waals surface area contributed by atoms with E-state index in [-0.39, 0.29) is 17.9 Å². The highest BCUT2D eigenvalue weighted by Gasteiger charge is 2.20. The maximum Gasteiger partial charge on any atom is 0.242 e. The number of morpholine rings is 1. The molecule has 1 N–H and O–H groups in total. The minimum atomic E-state index is 0.00623. The second kappa shape index (κ2) is 9.65. The first kappa shape index (κ1) is 20.3. The van der Waals surface area contributed by atoms with Gasteiger partial charge in [0.1, 0.15) is 6.54 Å². The van der Waals surface area contributed by atoms with Crippen molar-refractivity contribution in [2.24, 2.45) is 0 Å². The fourth-order valence-electron chi connectivity index (χ4n) is 3.74. The maximum atomic E-state index is 12.7. The predicted molar refractivity (Wildman–Crippen MR) is 112 cm³/mol. The predicted octanol–water partition coefficient (Wildman–Crippen LogP) is 1.89. The molecule has 0 spiro atoms. The van der Waals surface area contributed by atoms with E-state index in [2.05, 4.69) is 5.32 Å². The number of carbonyl (C=O) groups excluding carboxylic acids is 2. The number of hydrogen-bond acceptors (Lipinski definition) is 5. The Morgan fingerprint density at radius 3 is 2.79 bits per heavy atom. The molecule has 2 aliphatic heterocycles. The SMILES string of the molecule is O=C(CSc1cn(CC(=O)N2CCOCC2)c2ccccc12)NCC1CCCO1. The average Bonchev–Trinajstić information content (AvgIpc) is 3.40. The highest BCUT2D eigenvalue weighted by molar-refractivity contribution is 8.00. The van der Waals surface area contributed by atoms with E-state index in [4.69, 9.17) is 9.47 Å². The van der Waals surface area contributed by atoms with Crippen molar-refractivity contribution in [2.45, 2.75) is 30.4 Å². The lowest BCUT2D eigenvalue weighted by Crippen LogP contribution is -2.42. The number of para-hydroxylation sites is 1. The molecule has 2 aromatic rings. The van der Waals surface area contributed by atoms with E-state index in [1.165, 1.54) is 11.8 Å². The average molecular weight is 418 g/mol. The molecule has 8 heteroatoms. The van der Waals surface area contributed by atoms with Gasteiger partial charge in [0.25, 0.3) is 0 Å². The number of aromatic nitrogens is 1. The molecule has 1 unspecified atom stereocenters. The van der Waals surface area contributed by atoms with Gasteiger partial charge >= 0.3 is 0 Å². The van der Waals surface area contributed by atoms with E-state index in [1.807, 2.05) is 39.9 Å². The number of thioether (sulfide) groups is 1. The van der Waals surface area contributed by atoms with Crippen molar-refractivity contribution in [2.75, 3.05) is 45.2 Å². The molecule has 156 valence electrons. The summed E-state index contributed by atoms with van der Waals surface area (Å²) in [4.78, 5) is 27.8. The van der Waals surface area contributed by atoms with Gasteiger partial charge in [0.2, 0.25) is 11.8 Å². The summed E-state index contributed by atoms with van der Waals surface area (Å²) in [6, 6.07) is 8.01. The van der Waals surface area contributed by atoms with E-state index in [1.54, 1.807) is 0 Å². The molecule has 1 aromatic heterocycles. The summed E-state index contributed by atoms with van der Waals surface area (Å²) in [6.45, 7) is 4.15. The highest BCUT2D eigenvalue weighted by atomic mass is 32.2. The molecule has 1 atom stereocenters. The summed E-state index contributed by atoms with van der Waals surface area (Å²) >= 11 is 1.51. The van der Waals surface area contributed by atoms with Crippen LogP contribution >= 0.6 is 11.8 Å². The van der Waals surface area contributed by atoms with Gasteiger partial charge in [-0.05, 0) is 18.9 Å². The normalized spacial score (nSPS) is 19.6. The van der Waals surface area contributed by atoms with Gasteiger partial charge in [-0.15, -0.1) is 11.8 Å². The Kier molecular flexibility index (Phi) is 6.74. The molecule has 2 aliphatic rings. The number of benzene rings is 1. The molecular weight excluding hydrogens is 390 g/mol. The van der Waals surface area contributed by atoms with Crippen LogP contribution in [-0.4, -0.2) is 72.6 Å². The Labute approximate surface area is 174 Å². The van der Waals surface area contributed by atoms with Crippen LogP contribution < -0.4 is 5.32 Å². The topological polar surface area (TPSA) is 72.8 Å². The second-order valence-corrected chi connectivity index (χ2v) is 8.38. The van der Waals surface area contributed by atoms with Crippen LogP contribution in [0.5, 0.6) is 0 Å². The van der Waals surface area contributed by atoms with Gasteiger partial charge in [0, 0.05) is 48.2 Å². The lowest BCUT2D eigenvalue weighted by molar-refractivity contribution is -0.135. The summed E-state index contributed by atoms with van der Waals surface area (Å²) in [5.41, 5.74) is 1.01. The van der Waals surface area contributed by atoms with E-state index < -0.39 is 0 Å². The molecule has 3 heterocycles. The van der Waals surface area contributed by atoms with E-state index in [9.17, 15) is 9.59 Å². The van der Waals surface area contributed by atoms with Crippen molar-refractivity contribution in [3.8, 4) is 0 Å². The largest absolute Gasteiger partial charge is 0.378 e. The fourth-order valence-corrected chi connectivity index (χ4v) is 4.66. The minimum Gasteiger partial charge on any atom is -0.378 e. The quantitative estimate of drug-likeness (QED) is 0.697. The van der Waals surface area contributed by atoms with Gasteiger partial charge in [-0.2, -0.15) is 0 Å². The molecule has 2 amide bonds. The highest BCUT2D eigenvalue weighted by Crippen LogP contribution is 2.30. The number of carbonyl (C=O) groups is 2.